The zero-order chi connectivity index (χ0) is 13.4. The molecular formula is C13H19FN2O2. The van der Waals surface area contributed by atoms with Gasteiger partial charge in [-0.05, 0) is 24.8 Å². The number of carbonyl (C=O) groups is 1. The van der Waals surface area contributed by atoms with Gasteiger partial charge in [0, 0.05) is 19.3 Å². The fourth-order valence-electron chi connectivity index (χ4n) is 1.81. The average molecular weight is 254 g/mol. The quantitative estimate of drug-likeness (QED) is 0.779. The molecule has 0 fully saturated rings. The van der Waals surface area contributed by atoms with E-state index in [2.05, 4.69) is 17.2 Å². The molecule has 0 aliphatic heterocycles. The van der Waals surface area contributed by atoms with Crippen LogP contribution in [0.5, 0.6) is 0 Å². The first-order valence-corrected chi connectivity index (χ1v) is 6.17. The number of amides is 1. The zero-order valence-electron chi connectivity index (χ0n) is 10.5. The Hall–Kier alpha value is -1.49. The van der Waals surface area contributed by atoms with Crippen molar-refractivity contribution < 1.29 is 14.3 Å². The smallest absolute Gasteiger partial charge is 0.252 e. The number of aliphatic hydroxyl groups is 1. The van der Waals surface area contributed by atoms with Crippen molar-refractivity contribution in [2.24, 2.45) is 5.92 Å². The summed E-state index contributed by atoms with van der Waals surface area (Å²) < 4.78 is 12.9. The third kappa shape index (κ3) is 4.79. The third-order valence-corrected chi connectivity index (χ3v) is 2.75. The van der Waals surface area contributed by atoms with Gasteiger partial charge in [-0.25, -0.2) is 4.39 Å². The van der Waals surface area contributed by atoms with Gasteiger partial charge in [0.05, 0.1) is 11.8 Å². The summed E-state index contributed by atoms with van der Waals surface area (Å²) >= 11 is 0. The minimum absolute atomic E-state index is 0.113. The Balaban J connectivity index is 2.49. The fraction of sp³-hybridized carbons (Fsp3) is 0.538. The van der Waals surface area contributed by atoms with Crippen LogP contribution in [0.25, 0.3) is 0 Å². The summed E-state index contributed by atoms with van der Waals surface area (Å²) in [6.07, 6.45) is 5.00. The Morgan fingerprint density at radius 3 is 2.89 bits per heavy atom. The summed E-state index contributed by atoms with van der Waals surface area (Å²) in [5, 5.41) is 11.6. The van der Waals surface area contributed by atoms with Crippen LogP contribution in [0.3, 0.4) is 0 Å². The van der Waals surface area contributed by atoms with E-state index in [0.717, 1.165) is 25.1 Å². The van der Waals surface area contributed by atoms with E-state index in [4.69, 9.17) is 5.11 Å². The highest BCUT2D eigenvalue weighted by Crippen LogP contribution is 2.10. The third-order valence-electron chi connectivity index (χ3n) is 2.75. The van der Waals surface area contributed by atoms with E-state index in [0.29, 0.717) is 13.0 Å². The highest BCUT2D eigenvalue weighted by Gasteiger charge is 2.11. The Kier molecular flexibility index (Phi) is 6.28. The summed E-state index contributed by atoms with van der Waals surface area (Å²) in [7, 11) is 0. The molecule has 1 rings (SSSR count). The number of hydrogen-bond acceptors (Lipinski definition) is 3. The largest absolute Gasteiger partial charge is 0.396 e. The molecular weight excluding hydrogens is 235 g/mol. The Labute approximate surface area is 106 Å². The standard InChI is InChI=1S/C13H19FN2O2/c1-2-3-10(4-5-17)7-16-13(18)11-6-12(14)9-15-8-11/h6,8-10,17H,2-5,7H2,1H3,(H,16,18). The Morgan fingerprint density at radius 2 is 2.28 bits per heavy atom. The number of halogens is 1. The minimum Gasteiger partial charge on any atom is -0.396 e. The van der Waals surface area contributed by atoms with E-state index in [1.165, 1.54) is 6.20 Å². The number of carbonyl (C=O) groups excluding carboxylic acids is 1. The van der Waals surface area contributed by atoms with Crippen molar-refractivity contribution in [1.82, 2.24) is 10.3 Å². The van der Waals surface area contributed by atoms with Crippen LogP contribution < -0.4 is 5.32 Å². The van der Waals surface area contributed by atoms with E-state index in [-0.39, 0.29) is 24.0 Å². The number of rotatable bonds is 7. The molecule has 0 spiro atoms. The maximum atomic E-state index is 12.9. The average Bonchev–Trinajstić information content (AvgIpc) is 2.36. The summed E-state index contributed by atoms with van der Waals surface area (Å²) in [5.41, 5.74) is 0.217. The number of hydrogen-bond donors (Lipinski definition) is 2. The van der Waals surface area contributed by atoms with Gasteiger partial charge in [-0.2, -0.15) is 0 Å². The molecule has 0 aliphatic carbocycles. The minimum atomic E-state index is -0.525. The van der Waals surface area contributed by atoms with Crippen molar-refractivity contribution in [3.63, 3.8) is 0 Å². The van der Waals surface area contributed by atoms with Gasteiger partial charge in [-0.15, -0.1) is 0 Å². The molecule has 0 aromatic carbocycles. The fourth-order valence-corrected chi connectivity index (χ4v) is 1.81. The molecule has 1 atom stereocenters. The molecule has 0 saturated carbocycles. The molecule has 5 heteroatoms. The van der Waals surface area contributed by atoms with Crippen LogP contribution in [0.15, 0.2) is 18.5 Å². The summed E-state index contributed by atoms with van der Waals surface area (Å²) in [6, 6.07) is 1.16. The molecule has 2 N–H and O–H groups in total. The summed E-state index contributed by atoms with van der Waals surface area (Å²) in [5.74, 6) is -0.602. The second-order valence-electron chi connectivity index (χ2n) is 4.27. The van der Waals surface area contributed by atoms with E-state index in [1.807, 2.05) is 0 Å². The van der Waals surface area contributed by atoms with Crippen LogP contribution in [-0.4, -0.2) is 29.1 Å². The molecule has 1 aromatic heterocycles. The topological polar surface area (TPSA) is 62.2 Å². The molecule has 1 heterocycles. The van der Waals surface area contributed by atoms with Crippen molar-refractivity contribution >= 4 is 5.91 Å². The van der Waals surface area contributed by atoms with Crippen LogP contribution in [0.2, 0.25) is 0 Å². The highest BCUT2D eigenvalue weighted by molar-refractivity contribution is 5.93. The first kappa shape index (κ1) is 14.6. The number of pyridine rings is 1. The van der Waals surface area contributed by atoms with Gasteiger partial charge >= 0.3 is 0 Å². The molecule has 1 aromatic rings. The predicted molar refractivity (Wildman–Crippen MR) is 66.6 cm³/mol. The first-order chi connectivity index (χ1) is 8.67. The van der Waals surface area contributed by atoms with Gasteiger partial charge in [0.15, 0.2) is 0 Å². The molecule has 4 nitrogen and oxygen atoms in total. The normalized spacial score (nSPS) is 12.2. The predicted octanol–water partition coefficient (Wildman–Crippen LogP) is 1.75. The lowest BCUT2D eigenvalue weighted by Gasteiger charge is -2.15. The van der Waals surface area contributed by atoms with Gasteiger partial charge in [0.2, 0.25) is 0 Å². The maximum absolute atomic E-state index is 12.9. The van der Waals surface area contributed by atoms with Gasteiger partial charge in [0.1, 0.15) is 5.82 Å². The van der Waals surface area contributed by atoms with Crippen LogP contribution in [-0.2, 0) is 0 Å². The van der Waals surface area contributed by atoms with Gasteiger partial charge in [0.25, 0.3) is 5.91 Å². The summed E-state index contributed by atoms with van der Waals surface area (Å²) in [6.45, 7) is 2.66. The zero-order valence-corrected chi connectivity index (χ0v) is 10.5. The second-order valence-corrected chi connectivity index (χ2v) is 4.27. The van der Waals surface area contributed by atoms with Crippen molar-refractivity contribution in [3.05, 3.63) is 29.8 Å². The van der Waals surface area contributed by atoms with E-state index < -0.39 is 5.82 Å². The molecule has 18 heavy (non-hydrogen) atoms. The molecule has 0 aliphatic rings. The molecule has 0 saturated heterocycles. The lowest BCUT2D eigenvalue weighted by molar-refractivity contribution is 0.0942. The lowest BCUT2D eigenvalue weighted by atomic mass is 10.0. The lowest BCUT2D eigenvalue weighted by Crippen LogP contribution is -2.30. The number of nitrogens with one attached hydrogen (secondary N) is 1. The molecule has 0 radical (unpaired) electrons. The Morgan fingerprint density at radius 1 is 1.50 bits per heavy atom. The second kappa shape index (κ2) is 7.76. The first-order valence-electron chi connectivity index (χ1n) is 6.17. The number of aliphatic hydroxyl groups excluding tert-OH is 1. The van der Waals surface area contributed by atoms with E-state index in [9.17, 15) is 9.18 Å². The summed E-state index contributed by atoms with van der Waals surface area (Å²) in [4.78, 5) is 15.4. The highest BCUT2D eigenvalue weighted by atomic mass is 19.1. The number of aromatic nitrogens is 1. The van der Waals surface area contributed by atoms with Gasteiger partial charge in [-0.1, -0.05) is 13.3 Å². The monoisotopic (exact) mass is 254 g/mol. The van der Waals surface area contributed by atoms with E-state index >= 15 is 0 Å². The molecule has 1 unspecified atom stereocenters. The van der Waals surface area contributed by atoms with Crippen molar-refractivity contribution in [2.75, 3.05) is 13.2 Å². The SMILES string of the molecule is CCCC(CCO)CNC(=O)c1cncc(F)c1. The maximum Gasteiger partial charge on any atom is 0.252 e. The van der Waals surface area contributed by atoms with Gasteiger partial charge in [-0.3, -0.25) is 9.78 Å². The molecule has 0 bridgehead atoms. The van der Waals surface area contributed by atoms with E-state index in [1.54, 1.807) is 0 Å². The molecule has 100 valence electrons. The van der Waals surface area contributed by atoms with Crippen LogP contribution in [0.4, 0.5) is 4.39 Å². The van der Waals surface area contributed by atoms with Gasteiger partial charge < -0.3 is 10.4 Å². The Bertz CT molecular complexity index is 379. The van der Waals surface area contributed by atoms with Crippen molar-refractivity contribution in [2.45, 2.75) is 26.2 Å². The van der Waals surface area contributed by atoms with Crippen molar-refractivity contribution in [1.29, 1.82) is 0 Å². The van der Waals surface area contributed by atoms with Crippen LogP contribution >= 0.6 is 0 Å². The molecule has 1 amide bonds. The number of nitrogens with zero attached hydrogens (tertiary/aromatic N) is 1. The van der Waals surface area contributed by atoms with Crippen molar-refractivity contribution in [3.8, 4) is 0 Å². The van der Waals surface area contributed by atoms with Crippen LogP contribution in [0, 0.1) is 11.7 Å². The van der Waals surface area contributed by atoms with Crippen LogP contribution in [0.1, 0.15) is 36.5 Å².